The molecule has 1 aromatic heterocycles. The molecule has 2 rings (SSSR count). The highest BCUT2D eigenvalue weighted by Gasteiger charge is 2.24. The van der Waals surface area contributed by atoms with Crippen LogP contribution in [0, 0.1) is 13.8 Å². The molecule has 0 bridgehead atoms. The van der Waals surface area contributed by atoms with Crippen LogP contribution >= 0.6 is 11.6 Å². The number of halogens is 1. The Balaban J connectivity index is 2.49. The fourth-order valence-corrected chi connectivity index (χ4v) is 3.65. The Labute approximate surface area is 122 Å². The quantitative estimate of drug-likeness (QED) is 0.850. The number of sulfonamides is 1. The maximum absolute atomic E-state index is 12.3. The lowest BCUT2D eigenvalue weighted by molar-refractivity contribution is 0.473. The Morgan fingerprint density at radius 3 is 2.55 bits per heavy atom. The van der Waals surface area contributed by atoms with Crippen LogP contribution in [0.4, 0.5) is 5.69 Å². The molecule has 0 aliphatic heterocycles. The van der Waals surface area contributed by atoms with E-state index in [1.165, 1.54) is 13.2 Å². The molecule has 2 aromatic rings. The molecule has 108 valence electrons. The average molecular weight is 316 g/mol. The molecule has 2 N–H and O–H groups in total. The molecule has 0 spiro atoms. The van der Waals surface area contributed by atoms with Gasteiger partial charge in [-0.05, 0) is 31.0 Å². The Hall–Kier alpha value is -1.73. The van der Waals surface area contributed by atoms with Crippen LogP contribution in [0.15, 0.2) is 23.4 Å². The fourth-order valence-electron chi connectivity index (χ4n) is 1.93. The van der Waals surface area contributed by atoms with Gasteiger partial charge in [0.05, 0.1) is 16.9 Å². The molecule has 8 heteroatoms. The van der Waals surface area contributed by atoms with Crippen molar-refractivity contribution in [1.29, 1.82) is 0 Å². The highest BCUT2D eigenvalue weighted by atomic mass is 35.5. The van der Waals surface area contributed by atoms with Crippen LogP contribution in [0.5, 0.6) is 5.75 Å². The largest absolute Gasteiger partial charge is 0.505 e. The van der Waals surface area contributed by atoms with E-state index in [1.807, 2.05) is 0 Å². The van der Waals surface area contributed by atoms with Crippen LogP contribution in [0.3, 0.4) is 0 Å². The van der Waals surface area contributed by atoms with Crippen LogP contribution < -0.4 is 4.72 Å². The van der Waals surface area contributed by atoms with E-state index in [1.54, 1.807) is 26.0 Å². The first-order chi connectivity index (χ1) is 9.22. The van der Waals surface area contributed by atoms with Gasteiger partial charge in [0, 0.05) is 7.05 Å². The Kier molecular flexibility index (Phi) is 3.66. The average Bonchev–Trinajstić information content (AvgIpc) is 2.65. The third kappa shape index (κ3) is 2.59. The maximum Gasteiger partial charge on any atom is 0.280 e. The monoisotopic (exact) mass is 315 g/mol. The van der Waals surface area contributed by atoms with Gasteiger partial charge in [-0.1, -0.05) is 17.7 Å². The third-order valence-corrected chi connectivity index (χ3v) is 4.66. The number of hydrogen-bond donors (Lipinski definition) is 2. The van der Waals surface area contributed by atoms with Crippen LogP contribution in [-0.4, -0.2) is 23.3 Å². The van der Waals surface area contributed by atoms with Gasteiger partial charge in [-0.15, -0.1) is 0 Å². The number of aromatic hydroxyl groups is 1. The fraction of sp³-hybridized carbons (Fsp3) is 0.250. The molecule has 0 unspecified atom stereocenters. The van der Waals surface area contributed by atoms with E-state index in [-0.39, 0.29) is 21.5 Å². The van der Waals surface area contributed by atoms with E-state index >= 15 is 0 Å². The maximum atomic E-state index is 12.3. The second-order valence-electron chi connectivity index (χ2n) is 4.50. The van der Waals surface area contributed by atoms with E-state index in [4.69, 9.17) is 11.6 Å². The molecule has 20 heavy (non-hydrogen) atoms. The minimum Gasteiger partial charge on any atom is -0.505 e. The minimum atomic E-state index is -3.93. The predicted molar refractivity (Wildman–Crippen MR) is 76.6 cm³/mol. The first kappa shape index (κ1) is 14.7. The van der Waals surface area contributed by atoms with Gasteiger partial charge in [0.1, 0.15) is 5.75 Å². The van der Waals surface area contributed by atoms with Gasteiger partial charge in [-0.3, -0.25) is 9.40 Å². The molecule has 0 saturated heterocycles. The van der Waals surface area contributed by atoms with Crippen molar-refractivity contribution in [2.45, 2.75) is 18.9 Å². The normalized spacial score (nSPS) is 11.6. The summed E-state index contributed by atoms with van der Waals surface area (Å²) in [6.45, 7) is 3.50. The van der Waals surface area contributed by atoms with Crippen LogP contribution in [0.25, 0.3) is 0 Å². The predicted octanol–water partition coefficient (Wildman–Crippen LogP) is 2.20. The van der Waals surface area contributed by atoms with Gasteiger partial charge in [-0.25, -0.2) is 0 Å². The molecule has 0 saturated carbocycles. The highest BCUT2D eigenvalue weighted by molar-refractivity contribution is 7.92. The topological polar surface area (TPSA) is 84.2 Å². The highest BCUT2D eigenvalue weighted by Crippen LogP contribution is 2.31. The van der Waals surface area contributed by atoms with Crippen molar-refractivity contribution in [1.82, 2.24) is 9.78 Å². The molecule has 0 atom stereocenters. The van der Waals surface area contributed by atoms with Gasteiger partial charge < -0.3 is 5.11 Å². The Bertz CT molecular complexity index is 749. The van der Waals surface area contributed by atoms with Crippen molar-refractivity contribution in [2.75, 3.05) is 4.72 Å². The lowest BCUT2D eigenvalue weighted by atomic mass is 10.1. The molecule has 0 aliphatic carbocycles. The lowest BCUT2D eigenvalue weighted by Gasteiger charge is -2.12. The first-order valence-electron chi connectivity index (χ1n) is 5.73. The van der Waals surface area contributed by atoms with E-state index in [9.17, 15) is 13.5 Å². The number of hydrogen-bond acceptors (Lipinski definition) is 4. The number of benzene rings is 1. The zero-order chi connectivity index (χ0) is 15.1. The summed E-state index contributed by atoms with van der Waals surface area (Å²) in [6, 6.07) is 3.30. The van der Waals surface area contributed by atoms with Crippen LogP contribution in [0.2, 0.25) is 5.02 Å². The van der Waals surface area contributed by atoms with Crippen molar-refractivity contribution >= 4 is 27.3 Å². The summed E-state index contributed by atoms with van der Waals surface area (Å²) in [5.74, 6) is -0.113. The number of anilines is 1. The van der Waals surface area contributed by atoms with E-state index in [0.717, 1.165) is 10.2 Å². The van der Waals surface area contributed by atoms with Crippen molar-refractivity contribution in [3.8, 4) is 5.75 Å². The zero-order valence-corrected chi connectivity index (χ0v) is 12.7. The van der Waals surface area contributed by atoms with Crippen LogP contribution in [0.1, 0.15) is 11.1 Å². The molecule has 0 aliphatic rings. The number of phenols is 1. The second kappa shape index (κ2) is 4.99. The number of rotatable bonds is 3. The van der Waals surface area contributed by atoms with Crippen LogP contribution in [-0.2, 0) is 17.1 Å². The van der Waals surface area contributed by atoms with Crippen molar-refractivity contribution in [3.63, 3.8) is 0 Å². The van der Waals surface area contributed by atoms with Gasteiger partial charge in [0.25, 0.3) is 10.0 Å². The standard InChI is InChI=1S/C12H14ClN3O3S/c1-7-4-8(2)11(17)10(5-7)15-20(18,19)12-9(13)6-14-16(12)3/h4-6,15,17H,1-3H3. The van der Waals surface area contributed by atoms with Gasteiger partial charge >= 0.3 is 0 Å². The minimum absolute atomic E-state index is 0.0175. The molecule has 1 heterocycles. The Morgan fingerprint density at radius 1 is 1.35 bits per heavy atom. The summed E-state index contributed by atoms with van der Waals surface area (Å²) in [5, 5.41) is 13.6. The third-order valence-electron chi connectivity index (χ3n) is 2.79. The summed E-state index contributed by atoms with van der Waals surface area (Å²) in [6.07, 6.45) is 1.25. The lowest BCUT2D eigenvalue weighted by Crippen LogP contribution is -2.17. The second-order valence-corrected chi connectivity index (χ2v) is 6.51. The summed E-state index contributed by atoms with van der Waals surface area (Å²) >= 11 is 5.83. The van der Waals surface area contributed by atoms with Crippen molar-refractivity contribution < 1.29 is 13.5 Å². The number of aromatic nitrogens is 2. The van der Waals surface area contributed by atoms with E-state index < -0.39 is 10.0 Å². The first-order valence-corrected chi connectivity index (χ1v) is 7.59. The molecule has 6 nitrogen and oxygen atoms in total. The van der Waals surface area contributed by atoms with Gasteiger partial charge in [0.15, 0.2) is 5.03 Å². The van der Waals surface area contributed by atoms with Crippen molar-refractivity contribution in [2.24, 2.45) is 7.05 Å². The smallest absolute Gasteiger partial charge is 0.280 e. The molecule has 0 radical (unpaired) electrons. The summed E-state index contributed by atoms with van der Waals surface area (Å²) in [7, 11) is -2.45. The summed E-state index contributed by atoms with van der Waals surface area (Å²) in [4.78, 5) is 0. The zero-order valence-electron chi connectivity index (χ0n) is 11.2. The SMILES string of the molecule is Cc1cc(C)c(O)c(NS(=O)(=O)c2c(Cl)cnn2C)c1. The summed E-state index contributed by atoms with van der Waals surface area (Å²) in [5.41, 5.74) is 1.52. The molecular formula is C12H14ClN3O3S. The Morgan fingerprint density at radius 2 is 2.00 bits per heavy atom. The van der Waals surface area contributed by atoms with E-state index in [2.05, 4.69) is 9.82 Å². The molecule has 1 aromatic carbocycles. The number of aryl methyl sites for hydroxylation is 3. The van der Waals surface area contributed by atoms with Crippen molar-refractivity contribution in [3.05, 3.63) is 34.5 Å². The number of nitrogens with zero attached hydrogens (tertiary/aromatic N) is 2. The summed E-state index contributed by atoms with van der Waals surface area (Å²) < 4.78 is 28.1. The van der Waals surface area contributed by atoms with E-state index in [0.29, 0.717) is 5.56 Å². The number of phenolic OH excluding ortho intramolecular Hbond substituents is 1. The molecule has 0 fully saturated rings. The number of nitrogens with one attached hydrogen (secondary N) is 1. The molecule has 0 amide bonds. The van der Waals surface area contributed by atoms with Gasteiger partial charge in [-0.2, -0.15) is 13.5 Å². The molecular weight excluding hydrogens is 302 g/mol. The van der Waals surface area contributed by atoms with Gasteiger partial charge in [0.2, 0.25) is 0 Å².